The third-order valence-electron chi connectivity index (χ3n) is 3.49. The Labute approximate surface area is 84.5 Å². The average Bonchev–Trinajstić information content (AvgIpc) is 2.97. The molecule has 0 spiro atoms. The van der Waals surface area contributed by atoms with Gasteiger partial charge in [0.25, 0.3) is 0 Å². The summed E-state index contributed by atoms with van der Waals surface area (Å²) < 4.78 is 2.42. The number of nitrogens with zero attached hydrogens (tertiary/aromatic N) is 2. The van der Waals surface area contributed by atoms with Crippen LogP contribution in [0.15, 0.2) is 6.33 Å². The monoisotopic (exact) mass is 191 g/mol. The molecule has 0 bridgehead atoms. The van der Waals surface area contributed by atoms with Gasteiger partial charge < -0.3 is 9.88 Å². The first-order chi connectivity index (χ1) is 6.90. The van der Waals surface area contributed by atoms with Crippen LogP contribution in [0, 0.1) is 5.92 Å². The number of hydrogen-bond donors (Lipinski definition) is 1. The van der Waals surface area contributed by atoms with Crippen molar-refractivity contribution in [3.63, 3.8) is 0 Å². The summed E-state index contributed by atoms with van der Waals surface area (Å²) in [6, 6.07) is 0.687. The van der Waals surface area contributed by atoms with Crippen LogP contribution in [0.1, 0.15) is 37.2 Å². The molecule has 2 heterocycles. The second-order valence-corrected chi connectivity index (χ2v) is 4.43. The lowest BCUT2D eigenvalue weighted by Gasteiger charge is -2.26. The summed E-state index contributed by atoms with van der Waals surface area (Å²) in [5.41, 5.74) is 2.71. The number of rotatable bonds is 2. The molecule has 1 saturated carbocycles. The van der Waals surface area contributed by atoms with Gasteiger partial charge >= 0.3 is 0 Å². The van der Waals surface area contributed by atoms with Crippen LogP contribution in [0.5, 0.6) is 0 Å². The van der Waals surface area contributed by atoms with E-state index in [-0.39, 0.29) is 0 Å². The highest BCUT2D eigenvalue weighted by Gasteiger charge is 2.35. The molecule has 0 radical (unpaired) electrons. The molecule has 1 aromatic rings. The minimum absolute atomic E-state index is 0.687. The largest absolute Gasteiger partial charge is 0.328 e. The molecule has 2 aliphatic rings. The highest BCUT2D eigenvalue weighted by Crippen LogP contribution is 2.41. The van der Waals surface area contributed by atoms with Crippen LogP contribution in [0.25, 0.3) is 0 Å². The van der Waals surface area contributed by atoms with Crippen LogP contribution >= 0.6 is 0 Å². The first-order valence-corrected chi connectivity index (χ1v) is 5.65. The summed E-state index contributed by atoms with van der Waals surface area (Å²) >= 11 is 0. The fraction of sp³-hybridized carbons (Fsp3) is 0.727. The Bertz CT molecular complexity index is 338. The standard InChI is InChI=1S/C11H17N3/c1-2-9-11-6-12-5-10(8-3-4-8)14(11)7-13-9/h7-8,10,12H,2-6H2,1H3. The molecule has 3 nitrogen and oxygen atoms in total. The van der Waals surface area contributed by atoms with Gasteiger partial charge in [-0.2, -0.15) is 0 Å². The molecule has 3 heteroatoms. The van der Waals surface area contributed by atoms with Crippen molar-refractivity contribution in [2.45, 2.75) is 38.8 Å². The van der Waals surface area contributed by atoms with Crippen LogP contribution in [0.2, 0.25) is 0 Å². The first kappa shape index (κ1) is 8.48. The van der Waals surface area contributed by atoms with Gasteiger partial charge in [-0.1, -0.05) is 6.92 Å². The predicted molar refractivity (Wildman–Crippen MR) is 55.1 cm³/mol. The molecule has 0 amide bonds. The lowest BCUT2D eigenvalue weighted by atomic mass is 10.1. The maximum absolute atomic E-state index is 4.50. The van der Waals surface area contributed by atoms with E-state index in [1.807, 2.05) is 0 Å². The molecule has 1 fully saturated rings. The van der Waals surface area contributed by atoms with Gasteiger partial charge in [-0.25, -0.2) is 4.98 Å². The molecule has 76 valence electrons. The van der Waals surface area contributed by atoms with Gasteiger partial charge in [-0.3, -0.25) is 0 Å². The van der Waals surface area contributed by atoms with Crippen molar-refractivity contribution in [3.8, 4) is 0 Å². The fourth-order valence-corrected chi connectivity index (χ4v) is 2.51. The number of fused-ring (bicyclic) bond motifs is 1. The number of imidazole rings is 1. The third-order valence-corrected chi connectivity index (χ3v) is 3.49. The second kappa shape index (κ2) is 3.09. The molecular formula is C11H17N3. The van der Waals surface area contributed by atoms with E-state index in [0.717, 1.165) is 25.4 Å². The van der Waals surface area contributed by atoms with Crippen molar-refractivity contribution >= 4 is 0 Å². The van der Waals surface area contributed by atoms with Crippen molar-refractivity contribution in [2.24, 2.45) is 5.92 Å². The van der Waals surface area contributed by atoms with Crippen molar-refractivity contribution in [1.82, 2.24) is 14.9 Å². The highest BCUT2D eigenvalue weighted by atomic mass is 15.2. The normalized spacial score (nSPS) is 26.2. The van der Waals surface area contributed by atoms with E-state index in [2.05, 4.69) is 28.1 Å². The van der Waals surface area contributed by atoms with Crippen LogP contribution in [0.4, 0.5) is 0 Å². The van der Waals surface area contributed by atoms with Crippen molar-refractivity contribution in [2.75, 3.05) is 6.54 Å². The van der Waals surface area contributed by atoms with E-state index in [4.69, 9.17) is 0 Å². The van der Waals surface area contributed by atoms with E-state index in [1.165, 1.54) is 24.2 Å². The minimum atomic E-state index is 0.687. The highest BCUT2D eigenvalue weighted by molar-refractivity contribution is 5.17. The van der Waals surface area contributed by atoms with Crippen LogP contribution in [-0.2, 0) is 13.0 Å². The van der Waals surface area contributed by atoms with E-state index in [9.17, 15) is 0 Å². The lowest BCUT2D eigenvalue weighted by molar-refractivity contribution is 0.363. The summed E-state index contributed by atoms with van der Waals surface area (Å²) in [5.74, 6) is 0.917. The Morgan fingerprint density at radius 2 is 2.43 bits per heavy atom. The molecule has 3 rings (SSSR count). The molecule has 1 aromatic heterocycles. The SMILES string of the molecule is CCc1ncn2c1CNCC2C1CC1. The Hall–Kier alpha value is -0.830. The van der Waals surface area contributed by atoms with Crippen molar-refractivity contribution in [1.29, 1.82) is 0 Å². The van der Waals surface area contributed by atoms with Crippen LogP contribution in [-0.4, -0.2) is 16.1 Å². The molecular weight excluding hydrogens is 174 g/mol. The third kappa shape index (κ3) is 1.19. The van der Waals surface area contributed by atoms with Crippen molar-refractivity contribution < 1.29 is 0 Å². The van der Waals surface area contributed by atoms with Crippen LogP contribution < -0.4 is 5.32 Å². The van der Waals surface area contributed by atoms with Crippen molar-refractivity contribution in [3.05, 3.63) is 17.7 Å². The summed E-state index contributed by atoms with van der Waals surface area (Å²) in [4.78, 5) is 4.50. The smallest absolute Gasteiger partial charge is 0.0955 e. The maximum atomic E-state index is 4.50. The summed E-state index contributed by atoms with van der Waals surface area (Å²) in [7, 11) is 0. The zero-order chi connectivity index (χ0) is 9.54. The van der Waals surface area contributed by atoms with Gasteiger partial charge in [0, 0.05) is 13.1 Å². The lowest BCUT2D eigenvalue weighted by Crippen LogP contribution is -2.34. The molecule has 1 aliphatic heterocycles. The summed E-state index contributed by atoms with van der Waals surface area (Å²) in [5, 5.41) is 3.51. The maximum Gasteiger partial charge on any atom is 0.0955 e. The van der Waals surface area contributed by atoms with E-state index >= 15 is 0 Å². The number of hydrogen-bond acceptors (Lipinski definition) is 2. The number of aryl methyl sites for hydroxylation is 1. The van der Waals surface area contributed by atoms with Gasteiger partial charge in [-0.15, -0.1) is 0 Å². The Morgan fingerprint density at radius 3 is 3.14 bits per heavy atom. The molecule has 1 unspecified atom stereocenters. The van der Waals surface area contributed by atoms with E-state index < -0.39 is 0 Å². The second-order valence-electron chi connectivity index (χ2n) is 4.43. The van der Waals surface area contributed by atoms with Gasteiger partial charge in [0.15, 0.2) is 0 Å². The summed E-state index contributed by atoms with van der Waals surface area (Å²) in [6.45, 7) is 4.33. The molecule has 0 aromatic carbocycles. The van der Waals surface area contributed by atoms with E-state index in [0.29, 0.717) is 6.04 Å². The fourth-order valence-electron chi connectivity index (χ4n) is 2.51. The Balaban J connectivity index is 1.97. The molecule has 14 heavy (non-hydrogen) atoms. The quantitative estimate of drug-likeness (QED) is 0.767. The van der Waals surface area contributed by atoms with Gasteiger partial charge in [-0.05, 0) is 25.2 Å². The minimum Gasteiger partial charge on any atom is -0.328 e. The molecule has 1 N–H and O–H groups in total. The first-order valence-electron chi connectivity index (χ1n) is 5.65. The number of nitrogens with one attached hydrogen (secondary N) is 1. The van der Waals surface area contributed by atoms with Gasteiger partial charge in [0.2, 0.25) is 0 Å². The topological polar surface area (TPSA) is 29.9 Å². The zero-order valence-corrected chi connectivity index (χ0v) is 8.66. The Morgan fingerprint density at radius 1 is 1.57 bits per heavy atom. The van der Waals surface area contributed by atoms with Gasteiger partial charge in [0.05, 0.1) is 23.8 Å². The predicted octanol–water partition coefficient (Wildman–Crippen LogP) is 1.50. The van der Waals surface area contributed by atoms with Gasteiger partial charge in [0.1, 0.15) is 0 Å². The number of aromatic nitrogens is 2. The summed E-state index contributed by atoms with van der Waals surface area (Å²) in [6.07, 6.45) is 5.93. The molecule has 1 aliphatic carbocycles. The zero-order valence-electron chi connectivity index (χ0n) is 8.66. The molecule has 1 atom stereocenters. The Kier molecular flexibility index (Phi) is 1.87. The van der Waals surface area contributed by atoms with E-state index in [1.54, 1.807) is 0 Å². The van der Waals surface area contributed by atoms with Crippen LogP contribution in [0.3, 0.4) is 0 Å². The average molecular weight is 191 g/mol. The molecule has 0 saturated heterocycles.